The quantitative estimate of drug-likeness (QED) is 0.0592. The summed E-state index contributed by atoms with van der Waals surface area (Å²) in [6.45, 7) is 35.9. The van der Waals surface area contributed by atoms with E-state index >= 15 is 0 Å². The molecule has 0 bridgehead atoms. The van der Waals surface area contributed by atoms with Crippen molar-refractivity contribution in [2.45, 2.75) is 111 Å². The Kier molecular flexibility index (Phi) is 32.8. The molecule has 0 unspecified atom stereocenters. The first-order valence-corrected chi connectivity index (χ1v) is 45.1. The maximum Gasteiger partial charge on any atom is 0.673 e. The third-order valence-electron chi connectivity index (χ3n) is 20.8. The fourth-order valence-electron chi connectivity index (χ4n) is 17.2. The molecule has 0 atom stereocenters. The first kappa shape index (κ1) is 96.9. The molecule has 0 aliphatic heterocycles. The molecule has 0 spiro atoms. The van der Waals surface area contributed by atoms with Gasteiger partial charge in [-0.2, -0.15) is 0 Å². The van der Waals surface area contributed by atoms with Gasteiger partial charge in [-0.3, -0.25) is 0 Å². The standard InChI is InChI=1S/2C52H48P2.2BF4.2H2O.2Pd/c2*1-33-21-34(2)26-43(25-33)53(44-27-35(3)22-36(4)28-44)49-19-17-41-13-9-11-15-47(41)51(49)52-48-16-12-10-14-42(48)18-20-50(52)54(45-29-37(5)23-38(6)30-45)46-31-39(7)24-40(8)32-46;2*2-1(3,4)5;;;;/h2*9-32H,1-8H3;;;2*1H2;;/q;;2*-1;;;;. The van der Waals surface area contributed by atoms with Crippen molar-refractivity contribution in [1.82, 2.24) is 0 Å². The van der Waals surface area contributed by atoms with Gasteiger partial charge in [-0.1, -0.05) is 380 Å². The molecule has 18 heteroatoms. The molecule has 0 fully saturated rings. The summed E-state index contributed by atoms with van der Waals surface area (Å²) >= 11 is 0. The second kappa shape index (κ2) is 41.3. The van der Waals surface area contributed by atoms with Crippen LogP contribution in [0.15, 0.2) is 291 Å². The first-order chi connectivity index (χ1) is 56.0. The predicted molar refractivity (Wildman–Crippen MR) is 512 cm³/mol. The van der Waals surface area contributed by atoms with Crippen LogP contribution in [-0.4, -0.2) is 25.5 Å². The van der Waals surface area contributed by atoms with Crippen molar-refractivity contribution in [2.24, 2.45) is 0 Å². The number of halogens is 8. The summed E-state index contributed by atoms with van der Waals surface area (Å²) in [5, 5.41) is 27.2. The van der Waals surface area contributed by atoms with Crippen LogP contribution in [0.4, 0.5) is 34.5 Å². The van der Waals surface area contributed by atoms with Gasteiger partial charge < -0.3 is 45.5 Å². The molecule has 16 aromatic rings. The minimum absolute atomic E-state index is 0. The Morgan fingerprint density at radius 1 is 0.172 bits per heavy atom. The average Bonchev–Trinajstić information content (AvgIpc) is 0.732. The van der Waals surface area contributed by atoms with Crippen molar-refractivity contribution < 1.29 is 86.3 Å². The van der Waals surface area contributed by atoms with Gasteiger partial charge in [0.2, 0.25) is 0 Å². The fourth-order valence-corrected chi connectivity index (χ4v) is 28.6. The van der Waals surface area contributed by atoms with Crippen LogP contribution in [0.3, 0.4) is 0 Å². The molecule has 0 radical (unpaired) electrons. The monoisotopic (exact) mass is 1890 g/mol. The minimum atomic E-state index is -6.00. The zero-order chi connectivity index (χ0) is 84.3. The minimum Gasteiger partial charge on any atom is -0.418 e. The summed E-state index contributed by atoms with van der Waals surface area (Å²) < 4.78 is 78.0. The van der Waals surface area contributed by atoms with Crippen molar-refractivity contribution >= 4 is 153 Å². The fraction of sp³-hybridized carbons (Fsp3) is 0.154. The second-order valence-electron chi connectivity index (χ2n) is 31.8. The van der Waals surface area contributed by atoms with Gasteiger partial charge in [0, 0.05) is 40.8 Å². The molecule has 0 aromatic heterocycles. The van der Waals surface area contributed by atoms with Crippen LogP contribution >= 0.6 is 31.7 Å². The third-order valence-corrected chi connectivity index (χ3v) is 30.4. The molecule has 0 saturated heterocycles. The van der Waals surface area contributed by atoms with Crippen molar-refractivity contribution in [3.05, 3.63) is 380 Å². The van der Waals surface area contributed by atoms with E-state index in [4.69, 9.17) is 0 Å². The van der Waals surface area contributed by atoms with E-state index in [0.29, 0.717) is 0 Å². The predicted octanol–water partition coefficient (Wildman–Crippen LogP) is 24.2. The van der Waals surface area contributed by atoms with Crippen LogP contribution in [0, 0.1) is 111 Å². The van der Waals surface area contributed by atoms with Crippen molar-refractivity contribution in [1.29, 1.82) is 0 Å². The van der Waals surface area contributed by atoms with E-state index in [9.17, 15) is 34.5 Å². The van der Waals surface area contributed by atoms with Gasteiger partial charge in [-0.05, 0) is 271 Å². The summed E-state index contributed by atoms with van der Waals surface area (Å²) in [4.78, 5) is 0. The van der Waals surface area contributed by atoms with Gasteiger partial charge in [0.15, 0.2) is 0 Å². The normalized spacial score (nSPS) is 11.3. The van der Waals surface area contributed by atoms with Crippen LogP contribution < -0.4 is 63.7 Å². The van der Waals surface area contributed by atoms with Gasteiger partial charge in [-0.15, -0.1) is 0 Å². The van der Waals surface area contributed by atoms with E-state index in [1.807, 2.05) is 0 Å². The largest absolute Gasteiger partial charge is 0.673 e. The van der Waals surface area contributed by atoms with E-state index in [1.165, 1.54) is 218 Å². The molecule has 0 saturated carbocycles. The molecular formula is C104H100B2F8O2P4Pd2-2. The number of hydrogen-bond acceptors (Lipinski definition) is 0. The van der Waals surface area contributed by atoms with E-state index in [0.717, 1.165) is 0 Å². The summed E-state index contributed by atoms with van der Waals surface area (Å²) in [7, 11) is -15.7. The Morgan fingerprint density at radius 2 is 0.287 bits per heavy atom. The van der Waals surface area contributed by atoms with Crippen LogP contribution in [0.1, 0.15) is 89.0 Å². The molecule has 0 amide bonds. The third kappa shape index (κ3) is 23.6. The topological polar surface area (TPSA) is 63.0 Å². The number of aryl methyl sites for hydroxylation is 16. The van der Waals surface area contributed by atoms with E-state index in [-0.39, 0.29) is 51.8 Å². The molecule has 0 aliphatic carbocycles. The Hall–Kier alpha value is -8.91. The smallest absolute Gasteiger partial charge is 0.418 e. The Labute approximate surface area is 746 Å². The summed E-state index contributed by atoms with van der Waals surface area (Å²) in [6, 6.07) is 113. The van der Waals surface area contributed by atoms with Gasteiger partial charge in [0.1, 0.15) is 0 Å². The number of rotatable bonds is 14. The number of fused-ring (bicyclic) bond motifs is 4. The van der Waals surface area contributed by atoms with E-state index in [2.05, 4.69) is 402 Å². The van der Waals surface area contributed by atoms with Crippen LogP contribution in [-0.2, 0) is 40.8 Å². The molecule has 0 aliphatic rings. The van der Waals surface area contributed by atoms with Gasteiger partial charge in [-0.25, -0.2) is 0 Å². The molecule has 16 rings (SSSR count). The maximum atomic E-state index is 9.75. The van der Waals surface area contributed by atoms with Crippen LogP contribution in [0.2, 0.25) is 0 Å². The second-order valence-corrected chi connectivity index (χ2v) is 40.6. The summed E-state index contributed by atoms with van der Waals surface area (Å²) in [5.41, 5.74) is 26.4. The zero-order valence-electron chi connectivity index (χ0n) is 71.3. The van der Waals surface area contributed by atoms with Crippen molar-refractivity contribution in [2.75, 3.05) is 0 Å². The van der Waals surface area contributed by atoms with Crippen LogP contribution in [0.25, 0.3) is 65.3 Å². The van der Waals surface area contributed by atoms with Gasteiger partial charge in [0.05, 0.1) is 0 Å². The van der Waals surface area contributed by atoms with E-state index < -0.39 is 46.2 Å². The molecule has 122 heavy (non-hydrogen) atoms. The number of benzene rings is 16. The zero-order valence-corrected chi connectivity index (χ0v) is 78.0. The van der Waals surface area contributed by atoms with Gasteiger partial charge in [0.25, 0.3) is 0 Å². The molecule has 632 valence electrons. The molecule has 2 nitrogen and oxygen atoms in total. The van der Waals surface area contributed by atoms with Gasteiger partial charge >= 0.3 is 14.5 Å². The Balaban J connectivity index is 0.000000242. The molecule has 16 aromatic carbocycles. The summed E-state index contributed by atoms with van der Waals surface area (Å²) in [5.74, 6) is 0. The first-order valence-electron chi connectivity index (χ1n) is 39.7. The van der Waals surface area contributed by atoms with Crippen molar-refractivity contribution in [3.8, 4) is 22.3 Å². The molecular weight excluding hydrogens is 1790 g/mol. The SMILES string of the molecule is Cc1cc(C)cc(P(c2cc(C)cc(C)c2)c2ccc3ccccc3c2-c2c(P(c3cc(C)cc(C)c3)c3cc(C)cc(C)c3)ccc3ccccc23)c1.Cc1cc(C)cc(P(c2cc(C)cc(C)c2)c2ccc3ccccc3c2-c2c(P(c3cc(C)cc(C)c3)c3cc(C)cc(C)c3)ccc3ccccc23)c1.F[B-](F)(F)F.F[B-](F)(F)F.O.O.[Pd].[Pd]. The Bertz CT molecular complexity index is 5350. The van der Waals surface area contributed by atoms with Crippen LogP contribution in [0.5, 0.6) is 0 Å². The van der Waals surface area contributed by atoms with Crippen molar-refractivity contribution in [3.63, 3.8) is 0 Å². The number of hydrogen-bond donors (Lipinski definition) is 0. The average molecular weight is 1890 g/mol. The molecule has 4 N–H and O–H groups in total. The van der Waals surface area contributed by atoms with E-state index in [1.54, 1.807) is 0 Å². The maximum absolute atomic E-state index is 9.75. The molecule has 0 heterocycles. The summed E-state index contributed by atoms with van der Waals surface area (Å²) in [6.07, 6.45) is 0. The Morgan fingerprint density at radius 3 is 0.410 bits per heavy atom.